The van der Waals surface area contributed by atoms with Crippen molar-refractivity contribution >= 4 is 29.1 Å². The van der Waals surface area contributed by atoms with E-state index in [1.54, 1.807) is 7.05 Å². The van der Waals surface area contributed by atoms with Crippen LogP contribution in [0.15, 0.2) is 53.5 Å². The van der Waals surface area contributed by atoms with Gasteiger partial charge in [-0.15, -0.1) is 0 Å². The first-order valence-electron chi connectivity index (χ1n) is 10.3. The van der Waals surface area contributed by atoms with Gasteiger partial charge in [0.05, 0.1) is 0 Å². The molecule has 0 bridgehead atoms. The second-order valence-corrected chi connectivity index (χ2v) is 7.34. The molecule has 2 amide bonds. The van der Waals surface area contributed by atoms with E-state index < -0.39 is 0 Å². The highest BCUT2D eigenvalue weighted by Gasteiger charge is 2.24. The fourth-order valence-corrected chi connectivity index (χ4v) is 3.52. The minimum atomic E-state index is 0.0249. The van der Waals surface area contributed by atoms with Crippen molar-refractivity contribution in [2.45, 2.75) is 38.6 Å². The molecule has 0 radical (unpaired) electrons. The number of benzene rings is 2. The zero-order valence-corrected chi connectivity index (χ0v) is 17.5. The molecule has 158 valence electrons. The summed E-state index contributed by atoms with van der Waals surface area (Å²) in [5, 5.41) is 12.5. The zero-order valence-electron chi connectivity index (χ0n) is 17.5. The molecule has 2 aromatic carbocycles. The zero-order chi connectivity index (χ0) is 21.3. The van der Waals surface area contributed by atoms with Gasteiger partial charge in [-0.25, -0.2) is 0 Å². The van der Waals surface area contributed by atoms with E-state index in [1.165, 1.54) is 0 Å². The van der Waals surface area contributed by atoms with Crippen molar-refractivity contribution in [1.29, 1.82) is 0 Å². The minimum absolute atomic E-state index is 0.0249. The third-order valence-corrected chi connectivity index (χ3v) is 4.99. The van der Waals surface area contributed by atoms with Gasteiger partial charge in [0.1, 0.15) is 0 Å². The van der Waals surface area contributed by atoms with Gasteiger partial charge in [0.25, 0.3) is 0 Å². The van der Waals surface area contributed by atoms with Crippen molar-refractivity contribution in [3.8, 4) is 0 Å². The third kappa shape index (κ3) is 5.83. The molecule has 1 atom stereocenters. The van der Waals surface area contributed by atoms with Crippen molar-refractivity contribution in [3.05, 3.63) is 59.7 Å². The molecule has 30 heavy (non-hydrogen) atoms. The predicted octanol–water partition coefficient (Wildman–Crippen LogP) is 3.22. The summed E-state index contributed by atoms with van der Waals surface area (Å²) in [6.07, 6.45) is 1.78. The molecule has 1 aliphatic rings. The highest BCUT2D eigenvalue weighted by molar-refractivity contribution is 5.95. The number of aliphatic imine (C=N–C) groups is 1. The van der Waals surface area contributed by atoms with Crippen molar-refractivity contribution < 1.29 is 9.59 Å². The Balaban J connectivity index is 1.55. The van der Waals surface area contributed by atoms with Crippen LogP contribution in [0.5, 0.6) is 0 Å². The van der Waals surface area contributed by atoms with Gasteiger partial charge in [-0.2, -0.15) is 0 Å². The van der Waals surface area contributed by atoms with Gasteiger partial charge in [-0.05, 0) is 35.7 Å². The number of guanidine groups is 1. The Labute approximate surface area is 177 Å². The monoisotopic (exact) mass is 407 g/mol. The number of hydrogen-bond acceptors (Lipinski definition) is 3. The van der Waals surface area contributed by atoms with E-state index in [0.29, 0.717) is 31.9 Å². The van der Waals surface area contributed by atoms with Crippen molar-refractivity contribution in [2.75, 3.05) is 24.2 Å². The second kappa shape index (κ2) is 10.4. The summed E-state index contributed by atoms with van der Waals surface area (Å²) in [4.78, 5) is 28.1. The van der Waals surface area contributed by atoms with Crippen LogP contribution in [0.4, 0.5) is 11.4 Å². The van der Waals surface area contributed by atoms with Crippen LogP contribution < -0.4 is 21.3 Å². The molecular formula is C23H29N5O2. The number of hydrogen-bond donors (Lipinski definition) is 4. The number of nitrogens with one attached hydrogen (secondary N) is 4. The highest BCUT2D eigenvalue weighted by Crippen LogP contribution is 2.31. The van der Waals surface area contributed by atoms with Crippen LogP contribution in [0, 0.1) is 0 Å². The maximum Gasteiger partial charge on any atom is 0.225 e. The number of anilines is 2. The lowest BCUT2D eigenvalue weighted by atomic mass is 9.90. The molecule has 3 rings (SSSR count). The number of amides is 2. The molecule has 0 saturated heterocycles. The molecule has 0 aromatic heterocycles. The maximum atomic E-state index is 12.0. The Morgan fingerprint density at radius 1 is 1.17 bits per heavy atom. The van der Waals surface area contributed by atoms with E-state index >= 15 is 0 Å². The standard InChI is InChI=1S/C23H29N5O2/c1-3-7-21(29)27-18-9-6-8-16(12-18)14-25-23(24-2)26-15-17-13-22(30)28-20-11-5-4-10-19(17)20/h4-6,8-12,17H,3,7,13-15H2,1-2H3,(H,27,29)(H,28,30)(H2,24,25,26). The highest BCUT2D eigenvalue weighted by atomic mass is 16.2. The fraction of sp³-hybridized carbons (Fsp3) is 0.348. The molecule has 4 N–H and O–H groups in total. The van der Waals surface area contributed by atoms with Crippen LogP contribution >= 0.6 is 0 Å². The van der Waals surface area contributed by atoms with Gasteiger partial charge in [-0.1, -0.05) is 37.3 Å². The number of para-hydroxylation sites is 1. The van der Waals surface area contributed by atoms with Gasteiger partial charge in [0, 0.05) is 50.3 Å². The van der Waals surface area contributed by atoms with Crippen molar-refractivity contribution in [2.24, 2.45) is 4.99 Å². The smallest absolute Gasteiger partial charge is 0.225 e. The van der Waals surface area contributed by atoms with Gasteiger partial charge in [-0.3, -0.25) is 14.6 Å². The lowest BCUT2D eigenvalue weighted by molar-refractivity contribution is -0.117. The molecule has 0 spiro atoms. The lowest BCUT2D eigenvalue weighted by Crippen LogP contribution is -2.40. The summed E-state index contributed by atoms with van der Waals surface area (Å²) in [6.45, 7) is 3.16. The maximum absolute atomic E-state index is 12.0. The topological polar surface area (TPSA) is 94.6 Å². The van der Waals surface area contributed by atoms with Gasteiger partial charge in [0.2, 0.25) is 11.8 Å². The Morgan fingerprint density at radius 2 is 2.00 bits per heavy atom. The van der Waals surface area contributed by atoms with Gasteiger partial charge in [0.15, 0.2) is 5.96 Å². The SMILES string of the molecule is CCCC(=O)Nc1cccc(CNC(=NC)NCC2CC(=O)Nc3ccccc32)c1. The van der Waals surface area contributed by atoms with E-state index in [1.807, 2.05) is 49.4 Å². The summed E-state index contributed by atoms with van der Waals surface area (Å²) in [5.74, 6) is 0.812. The molecule has 1 unspecified atom stereocenters. The minimum Gasteiger partial charge on any atom is -0.356 e. The molecule has 7 heteroatoms. The average Bonchev–Trinajstić information content (AvgIpc) is 2.74. The first-order chi connectivity index (χ1) is 14.6. The van der Waals surface area contributed by atoms with Crippen LogP contribution in [-0.2, 0) is 16.1 Å². The fourth-order valence-electron chi connectivity index (χ4n) is 3.52. The quantitative estimate of drug-likeness (QED) is 0.419. The van der Waals surface area contributed by atoms with Crippen LogP contribution in [-0.4, -0.2) is 31.4 Å². The van der Waals surface area contributed by atoms with Crippen LogP contribution in [0.25, 0.3) is 0 Å². The summed E-state index contributed by atoms with van der Waals surface area (Å²) in [6, 6.07) is 15.7. The first kappa shape index (κ1) is 21.4. The molecular weight excluding hydrogens is 378 g/mol. The van der Waals surface area contributed by atoms with E-state index in [-0.39, 0.29) is 17.7 Å². The number of rotatable bonds is 7. The first-order valence-corrected chi connectivity index (χ1v) is 10.3. The molecule has 1 aliphatic heterocycles. The van der Waals surface area contributed by atoms with Crippen LogP contribution in [0.2, 0.25) is 0 Å². The van der Waals surface area contributed by atoms with Crippen molar-refractivity contribution in [3.63, 3.8) is 0 Å². The summed E-state index contributed by atoms with van der Waals surface area (Å²) in [5.41, 5.74) is 3.84. The van der Waals surface area contributed by atoms with E-state index in [0.717, 1.165) is 28.9 Å². The van der Waals surface area contributed by atoms with E-state index in [2.05, 4.69) is 32.3 Å². The summed E-state index contributed by atoms with van der Waals surface area (Å²) < 4.78 is 0. The third-order valence-electron chi connectivity index (χ3n) is 4.99. The number of carbonyl (C=O) groups is 2. The molecule has 0 saturated carbocycles. The van der Waals surface area contributed by atoms with Crippen molar-refractivity contribution in [1.82, 2.24) is 10.6 Å². The molecule has 0 fully saturated rings. The summed E-state index contributed by atoms with van der Waals surface area (Å²) >= 11 is 0. The normalized spacial score (nSPS) is 15.7. The Kier molecular flexibility index (Phi) is 7.43. The lowest BCUT2D eigenvalue weighted by Gasteiger charge is -2.26. The molecule has 2 aromatic rings. The molecule has 7 nitrogen and oxygen atoms in total. The molecule has 0 aliphatic carbocycles. The largest absolute Gasteiger partial charge is 0.356 e. The Hall–Kier alpha value is -3.35. The van der Waals surface area contributed by atoms with E-state index in [4.69, 9.17) is 0 Å². The Morgan fingerprint density at radius 3 is 2.80 bits per heavy atom. The number of fused-ring (bicyclic) bond motifs is 1. The van der Waals surface area contributed by atoms with E-state index in [9.17, 15) is 9.59 Å². The van der Waals surface area contributed by atoms with Gasteiger partial charge >= 0.3 is 0 Å². The van der Waals surface area contributed by atoms with Gasteiger partial charge < -0.3 is 21.3 Å². The number of nitrogens with zero attached hydrogens (tertiary/aromatic N) is 1. The summed E-state index contributed by atoms with van der Waals surface area (Å²) in [7, 11) is 1.72. The van der Waals surface area contributed by atoms with Crippen LogP contribution in [0.1, 0.15) is 43.2 Å². The number of carbonyl (C=O) groups excluding carboxylic acids is 2. The molecule has 1 heterocycles. The average molecular weight is 408 g/mol. The van der Waals surface area contributed by atoms with Crippen LogP contribution in [0.3, 0.4) is 0 Å². The Bertz CT molecular complexity index is 925. The second-order valence-electron chi connectivity index (χ2n) is 7.34. The predicted molar refractivity (Wildman–Crippen MR) is 121 cm³/mol.